The Morgan fingerprint density at radius 3 is 2.81 bits per heavy atom. The number of carbonyl (C=O) groups is 1. The van der Waals surface area contributed by atoms with Gasteiger partial charge >= 0.3 is 0 Å². The summed E-state index contributed by atoms with van der Waals surface area (Å²) in [5.41, 5.74) is 0. The second kappa shape index (κ2) is 3.41. The van der Waals surface area contributed by atoms with Crippen LogP contribution in [0.1, 0.15) is 33.1 Å². The maximum Gasteiger partial charge on any atom is 0.163 e. The van der Waals surface area contributed by atoms with Gasteiger partial charge in [0.15, 0.2) is 5.79 Å². The zero-order valence-electron chi connectivity index (χ0n) is 9.81. The molecule has 0 amide bonds. The summed E-state index contributed by atoms with van der Waals surface area (Å²) >= 11 is 0. The topological polar surface area (TPSA) is 35.5 Å². The summed E-state index contributed by atoms with van der Waals surface area (Å²) in [5.74, 6) is 0.338. The van der Waals surface area contributed by atoms with Crippen LogP contribution >= 0.6 is 0 Å². The van der Waals surface area contributed by atoms with Gasteiger partial charge in [-0.2, -0.15) is 0 Å². The van der Waals surface area contributed by atoms with Gasteiger partial charge in [0.1, 0.15) is 5.78 Å². The van der Waals surface area contributed by atoms with Crippen molar-refractivity contribution >= 4 is 5.78 Å². The van der Waals surface area contributed by atoms with Crippen molar-refractivity contribution in [2.24, 2.45) is 11.8 Å². The molecule has 88 valence electrons. The molecular weight excluding hydrogens is 204 g/mol. The van der Waals surface area contributed by atoms with Gasteiger partial charge in [0.2, 0.25) is 0 Å². The highest BCUT2D eigenvalue weighted by atomic mass is 16.8. The molecule has 2 aliphatic carbocycles. The Kier molecular flexibility index (Phi) is 2.23. The van der Waals surface area contributed by atoms with Crippen molar-refractivity contribution in [1.82, 2.24) is 0 Å². The lowest BCUT2D eigenvalue weighted by Crippen LogP contribution is -2.46. The molecule has 0 spiro atoms. The van der Waals surface area contributed by atoms with E-state index in [1.807, 2.05) is 13.8 Å². The second-order valence-corrected chi connectivity index (χ2v) is 5.52. The van der Waals surface area contributed by atoms with Crippen LogP contribution in [-0.2, 0) is 14.3 Å². The van der Waals surface area contributed by atoms with Gasteiger partial charge in [0.05, 0.1) is 12.2 Å². The number of hydrogen-bond acceptors (Lipinski definition) is 3. The smallest absolute Gasteiger partial charge is 0.163 e. The standard InChI is InChI=1S/C13H18O3/c1-13(2)15-11-7-10(14)8-5-3-4-6-9(8)12(11)16-13/h3-4,8-9,11-12H,5-7H2,1-2H3/t8-,9+,11+,12-/m0/s1. The van der Waals surface area contributed by atoms with E-state index in [0.717, 1.165) is 12.8 Å². The van der Waals surface area contributed by atoms with Crippen LogP contribution in [-0.4, -0.2) is 23.8 Å². The lowest BCUT2D eigenvalue weighted by molar-refractivity contribution is -0.149. The predicted octanol–water partition coefficient (Wildman–Crippen LogP) is 2.06. The van der Waals surface area contributed by atoms with Crippen molar-refractivity contribution in [1.29, 1.82) is 0 Å². The summed E-state index contributed by atoms with van der Waals surface area (Å²) in [5, 5.41) is 0. The number of ketones is 1. The first kappa shape index (κ1) is 10.5. The maximum absolute atomic E-state index is 12.0. The van der Waals surface area contributed by atoms with Crippen LogP contribution in [0.5, 0.6) is 0 Å². The van der Waals surface area contributed by atoms with Crippen molar-refractivity contribution in [2.75, 3.05) is 0 Å². The molecule has 1 aliphatic heterocycles. The van der Waals surface area contributed by atoms with Gasteiger partial charge in [0, 0.05) is 18.3 Å². The Morgan fingerprint density at radius 1 is 1.25 bits per heavy atom. The van der Waals surface area contributed by atoms with Crippen molar-refractivity contribution in [2.45, 2.75) is 51.1 Å². The molecule has 0 radical (unpaired) electrons. The largest absolute Gasteiger partial charge is 0.344 e. The van der Waals surface area contributed by atoms with E-state index in [2.05, 4.69) is 12.2 Å². The van der Waals surface area contributed by atoms with Gasteiger partial charge in [-0.3, -0.25) is 4.79 Å². The third-order valence-electron chi connectivity index (χ3n) is 3.94. The fourth-order valence-corrected chi connectivity index (χ4v) is 3.30. The SMILES string of the molecule is CC1(C)O[C@H]2[C@@H]3CC=CC[C@@H]3C(=O)C[C@H]2O1. The van der Waals surface area contributed by atoms with E-state index in [9.17, 15) is 4.79 Å². The lowest BCUT2D eigenvalue weighted by atomic mass is 9.70. The molecule has 1 saturated carbocycles. The first-order valence-corrected chi connectivity index (χ1v) is 6.10. The molecule has 2 fully saturated rings. The van der Waals surface area contributed by atoms with Gasteiger partial charge < -0.3 is 9.47 Å². The Morgan fingerprint density at radius 2 is 2.00 bits per heavy atom. The van der Waals surface area contributed by atoms with E-state index in [1.165, 1.54) is 0 Å². The van der Waals surface area contributed by atoms with Crippen LogP contribution in [0.4, 0.5) is 0 Å². The van der Waals surface area contributed by atoms with Crippen molar-refractivity contribution < 1.29 is 14.3 Å². The van der Waals surface area contributed by atoms with Crippen molar-refractivity contribution in [3.8, 4) is 0 Å². The average Bonchev–Trinajstić information content (AvgIpc) is 2.53. The molecule has 0 aromatic rings. The number of Topliss-reactive ketones (excluding diaryl/α,β-unsaturated/α-hetero) is 1. The van der Waals surface area contributed by atoms with E-state index in [1.54, 1.807) is 0 Å². The molecule has 3 heteroatoms. The highest BCUT2D eigenvalue weighted by molar-refractivity contribution is 5.83. The summed E-state index contributed by atoms with van der Waals surface area (Å²) in [4.78, 5) is 12.0. The molecule has 0 bridgehead atoms. The van der Waals surface area contributed by atoms with E-state index in [0.29, 0.717) is 18.1 Å². The van der Waals surface area contributed by atoms with Crippen molar-refractivity contribution in [3.63, 3.8) is 0 Å². The van der Waals surface area contributed by atoms with Gasteiger partial charge in [-0.05, 0) is 26.7 Å². The van der Waals surface area contributed by atoms with Crippen LogP contribution in [0, 0.1) is 11.8 Å². The molecule has 1 heterocycles. The van der Waals surface area contributed by atoms with Crippen LogP contribution in [0.15, 0.2) is 12.2 Å². The molecule has 4 atom stereocenters. The monoisotopic (exact) mass is 222 g/mol. The minimum atomic E-state index is -0.522. The van der Waals surface area contributed by atoms with Gasteiger partial charge in [0.25, 0.3) is 0 Å². The van der Waals surface area contributed by atoms with E-state index >= 15 is 0 Å². The summed E-state index contributed by atoms with van der Waals surface area (Å²) in [6, 6.07) is 0. The highest BCUT2D eigenvalue weighted by Gasteiger charge is 2.52. The summed E-state index contributed by atoms with van der Waals surface area (Å²) < 4.78 is 11.8. The minimum Gasteiger partial charge on any atom is -0.344 e. The number of hydrogen-bond donors (Lipinski definition) is 0. The van der Waals surface area contributed by atoms with Gasteiger partial charge in [-0.15, -0.1) is 0 Å². The fourth-order valence-electron chi connectivity index (χ4n) is 3.30. The molecule has 3 rings (SSSR count). The molecular formula is C13H18O3. The highest BCUT2D eigenvalue weighted by Crippen LogP contribution is 2.44. The van der Waals surface area contributed by atoms with Crippen LogP contribution in [0.2, 0.25) is 0 Å². The minimum absolute atomic E-state index is 0.0183. The third kappa shape index (κ3) is 1.54. The normalized spacial score (nSPS) is 45.2. The first-order valence-electron chi connectivity index (χ1n) is 6.10. The molecule has 0 N–H and O–H groups in total. The molecule has 16 heavy (non-hydrogen) atoms. The van der Waals surface area contributed by atoms with Gasteiger partial charge in [-0.25, -0.2) is 0 Å². The van der Waals surface area contributed by atoms with E-state index in [4.69, 9.17) is 9.47 Å². The summed E-state index contributed by atoms with van der Waals surface area (Å²) in [7, 11) is 0. The average molecular weight is 222 g/mol. The zero-order chi connectivity index (χ0) is 11.3. The molecule has 0 aromatic carbocycles. The summed E-state index contributed by atoms with van der Waals surface area (Å²) in [6.07, 6.45) is 6.76. The maximum atomic E-state index is 12.0. The predicted molar refractivity (Wildman–Crippen MR) is 58.8 cm³/mol. The first-order chi connectivity index (χ1) is 7.57. The number of carbonyl (C=O) groups excluding carboxylic acids is 1. The van der Waals surface area contributed by atoms with E-state index < -0.39 is 5.79 Å². The summed E-state index contributed by atoms with van der Waals surface area (Å²) in [6.45, 7) is 3.87. The quantitative estimate of drug-likeness (QED) is 0.588. The Balaban J connectivity index is 1.88. The second-order valence-electron chi connectivity index (χ2n) is 5.52. The van der Waals surface area contributed by atoms with Crippen LogP contribution in [0.3, 0.4) is 0 Å². The zero-order valence-corrected chi connectivity index (χ0v) is 9.81. The molecule has 0 unspecified atom stereocenters. The van der Waals surface area contributed by atoms with Gasteiger partial charge in [-0.1, -0.05) is 12.2 Å². The number of fused-ring (bicyclic) bond motifs is 3. The lowest BCUT2D eigenvalue weighted by Gasteiger charge is -2.37. The van der Waals surface area contributed by atoms with E-state index in [-0.39, 0.29) is 18.1 Å². The van der Waals surface area contributed by atoms with Crippen molar-refractivity contribution in [3.05, 3.63) is 12.2 Å². The molecule has 3 aliphatic rings. The third-order valence-corrected chi connectivity index (χ3v) is 3.94. The van der Waals surface area contributed by atoms with Crippen LogP contribution < -0.4 is 0 Å². The Bertz CT molecular complexity index is 345. The number of ether oxygens (including phenoxy) is 2. The number of rotatable bonds is 0. The Labute approximate surface area is 95.8 Å². The van der Waals surface area contributed by atoms with Crippen LogP contribution in [0.25, 0.3) is 0 Å². The Hall–Kier alpha value is -0.670. The number of allylic oxidation sites excluding steroid dienone is 2. The fraction of sp³-hybridized carbons (Fsp3) is 0.769. The molecule has 3 nitrogen and oxygen atoms in total. The molecule has 1 saturated heterocycles. The molecule has 0 aromatic heterocycles.